The Bertz CT molecular complexity index is 1180. The maximum absolute atomic E-state index is 12.7. The van der Waals surface area contributed by atoms with Crippen LogP contribution in [0.1, 0.15) is 34.8 Å². The second kappa shape index (κ2) is 8.42. The van der Waals surface area contributed by atoms with E-state index in [2.05, 4.69) is 14.9 Å². The lowest BCUT2D eigenvalue weighted by atomic mass is 10.1. The van der Waals surface area contributed by atoms with Crippen molar-refractivity contribution in [3.05, 3.63) is 51.8 Å². The zero-order valence-electron chi connectivity index (χ0n) is 17.4. The number of carbonyl (C=O) groups excluding carboxylic acids is 1. The first-order chi connectivity index (χ1) is 14.4. The van der Waals surface area contributed by atoms with Gasteiger partial charge in [0, 0.05) is 30.2 Å². The normalized spacial score (nSPS) is 16.7. The number of fused-ring (bicyclic) bond motifs is 1. The number of amides is 1. The molecule has 154 valence electrons. The second-order valence-electron chi connectivity index (χ2n) is 7.61. The molecule has 3 heterocycles. The molecule has 0 bridgehead atoms. The van der Waals surface area contributed by atoms with Gasteiger partial charge in [-0.15, -0.1) is 11.3 Å². The Balaban J connectivity index is 1.55. The van der Waals surface area contributed by atoms with Gasteiger partial charge in [0.1, 0.15) is 11.6 Å². The molecule has 0 spiro atoms. The molecule has 7 heteroatoms. The van der Waals surface area contributed by atoms with Gasteiger partial charge in [-0.1, -0.05) is 0 Å². The first-order valence-corrected chi connectivity index (χ1v) is 10.8. The number of hydrogen-bond donors (Lipinski definition) is 1. The summed E-state index contributed by atoms with van der Waals surface area (Å²) in [6, 6.07) is 9.64. The molecule has 1 atom stereocenters. The van der Waals surface area contributed by atoms with Crippen molar-refractivity contribution in [2.45, 2.75) is 46.3 Å². The first kappa shape index (κ1) is 20.3. The predicted molar refractivity (Wildman–Crippen MR) is 119 cm³/mol. The van der Waals surface area contributed by atoms with E-state index >= 15 is 0 Å². The second-order valence-corrected chi connectivity index (χ2v) is 8.85. The molecule has 6 nitrogen and oxygen atoms in total. The first-order valence-electron chi connectivity index (χ1n) is 10.0. The maximum Gasteiger partial charge on any atom is 0.266 e. The third kappa shape index (κ3) is 4.16. The zero-order valence-corrected chi connectivity index (χ0v) is 18.2. The van der Waals surface area contributed by atoms with Crippen LogP contribution in [-0.2, 0) is 16.1 Å². The zero-order chi connectivity index (χ0) is 21.3. The number of anilines is 1. The number of thiazole rings is 1. The molecule has 3 aromatic rings. The average molecular weight is 421 g/mol. The van der Waals surface area contributed by atoms with Gasteiger partial charge in [-0.25, -0.2) is 4.98 Å². The highest BCUT2D eigenvalue weighted by molar-refractivity contribution is 7.18. The van der Waals surface area contributed by atoms with Gasteiger partial charge in [-0.05, 0) is 69.5 Å². The van der Waals surface area contributed by atoms with Crippen molar-refractivity contribution in [2.24, 2.45) is 0 Å². The largest absolute Gasteiger partial charge is 0.376 e. The lowest BCUT2D eigenvalue weighted by Crippen LogP contribution is -2.17. The topological polar surface area (TPSA) is 79.9 Å². The summed E-state index contributed by atoms with van der Waals surface area (Å²) in [5, 5.41) is 13.4. The molecular formula is C23H24N4O2S. The summed E-state index contributed by atoms with van der Waals surface area (Å²) in [5.74, 6) is -0.415. The number of carbonyl (C=O) groups is 1. The van der Waals surface area contributed by atoms with E-state index in [1.807, 2.05) is 51.1 Å². The van der Waals surface area contributed by atoms with Crippen LogP contribution in [0.5, 0.6) is 0 Å². The van der Waals surface area contributed by atoms with Gasteiger partial charge >= 0.3 is 0 Å². The smallest absolute Gasteiger partial charge is 0.266 e. The Morgan fingerprint density at radius 3 is 2.97 bits per heavy atom. The average Bonchev–Trinajstić information content (AvgIpc) is 3.41. The number of benzene rings is 1. The Kier molecular flexibility index (Phi) is 5.71. The van der Waals surface area contributed by atoms with Gasteiger partial charge in [0.05, 0.1) is 21.3 Å². The molecule has 1 N–H and O–H groups in total. The number of rotatable bonds is 5. The van der Waals surface area contributed by atoms with Crippen LogP contribution in [0, 0.1) is 32.1 Å². The molecular weight excluding hydrogens is 396 g/mol. The highest BCUT2D eigenvalue weighted by atomic mass is 32.1. The fraction of sp³-hybridized carbons (Fsp3) is 0.348. The summed E-state index contributed by atoms with van der Waals surface area (Å²) in [4.78, 5) is 17.2. The highest BCUT2D eigenvalue weighted by Crippen LogP contribution is 2.26. The molecule has 0 radical (unpaired) electrons. The number of nitriles is 1. The van der Waals surface area contributed by atoms with Crippen LogP contribution in [0.3, 0.4) is 0 Å². The van der Waals surface area contributed by atoms with Gasteiger partial charge in [0.15, 0.2) is 0 Å². The van der Waals surface area contributed by atoms with Crippen LogP contribution in [-0.4, -0.2) is 28.2 Å². The Morgan fingerprint density at radius 1 is 1.40 bits per heavy atom. The van der Waals surface area contributed by atoms with Gasteiger partial charge in [0.2, 0.25) is 0 Å². The monoisotopic (exact) mass is 420 g/mol. The molecule has 2 aromatic heterocycles. The number of ether oxygens (including phenoxy) is 1. The van der Waals surface area contributed by atoms with E-state index in [0.717, 1.165) is 58.2 Å². The van der Waals surface area contributed by atoms with Crippen molar-refractivity contribution in [3.8, 4) is 6.07 Å². The van der Waals surface area contributed by atoms with E-state index < -0.39 is 5.91 Å². The minimum Gasteiger partial charge on any atom is -0.376 e. The summed E-state index contributed by atoms with van der Waals surface area (Å²) in [7, 11) is 0. The number of nitrogens with one attached hydrogen (secondary N) is 1. The lowest BCUT2D eigenvalue weighted by Gasteiger charge is -2.14. The molecule has 4 rings (SSSR count). The number of nitrogens with zero attached hydrogens (tertiary/aromatic N) is 3. The van der Waals surface area contributed by atoms with Gasteiger partial charge in [0.25, 0.3) is 5.91 Å². The van der Waals surface area contributed by atoms with Crippen molar-refractivity contribution in [2.75, 3.05) is 11.9 Å². The molecule has 1 aliphatic heterocycles. The maximum atomic E-state index is 12.7. The van der Waals surface area contributed by atoms with Crippen LogP contribution in [0.4, 0.5) is 5.69 Å². The van der Waals surface area contributed by atoms with Crippen LogP contribution >= 0.6 is 11.3 Å². The van der Waals surface area contributed by atoms with Crippen molar-refractivity contribution < 1.29 is 9.53 Å². The number of aromatic nitrogens is 2. The van der Waals surface area contributed by atoms with Crippen molar-refractivity contribution in [1.29, 1.82) is 5.26 Å². The summed E-state index contributed by atoms with van der Waals surface area (Å²) in [6.45, 7) is 7.63. The molecule has 1 aromatic carbocycles. The Hall–Kier alpha value is -2.95. The van der Waals surface area contributed by atoms with Crippen LogP contribution in [0.25, 0.3) is 16.3 Å². The molecule has 1 fully saturated rings. The molecule has 1 aliphatic rings. The van der Waals surface area contributed by atoms with Crippen molar-refractivity contribution in [3.63, 3.8) is 0 Å². The quantitative estimate of drug-likeness (QED) is 0.477. The summed E-state index contributed by atoms with van der Waals surface area (Å²) < 4.78 is 8.97. The fourth-order valence-electron chi connectivity index (χ4n) is 3.87. The molecule has 1 unspecified atom stereocenters. The minimum atomic E-state index is -0.415. The number of hydrogen-bond acceptors (Lipinski definition) is 5. The Morgan fingerprint density at radius 2 is 2.23 bits per heavy atom. The molecule has 1 saturated heterocycles. The fourth-order valence-corrected chi connectivity index (χ4v) is 4.73. The van der Waals surface area contributed by atoms with Crippen LogP contribution < -0.4 is 5.32 Å². The van der Waals surface area contributed by atoms with Crippen molar-refractivity contribution in [1.82, 2.24) is 9.55 Å². The summed E-state index contributed by atoms with van der Waals surface area (Å²) in [6.07, 6.45) is 4.06. The van der Waals surface area contributed by atoms with E-state index in [9.17, 15) is 10.1 Å². The minimum absolute atomic E-state index is 0.0768. The molecule has 0 aliphatic carbocycles. The SMILES string of the molecule is Cc1nc2ccc(NC(=O)/C(C#N)=C/c3cc(C)n(CC4CCCO4)c3C)cc2s1. The van der Waals surface area contributed by atoms with Crippen LogP contribution in [0.2, 0.25) is 0 Å². The summed E-state index contributed by atoms with van der Waals surface area (Å²) in [5.41, 5.74) is 4.65. The summed E-state index contributed by atoms with van der Waals surface area (Å²) >= 11 is 1.57. The lowest BCUT2D eigenvalue weighted by molar-refractivity contribution is -0.112. The third-order valence-electron chi connectivity index (χ3n) is 5.44. The molecule has 0 saturated carbocycles. The molecule has 30 heavy (non-hydrogen) atoms. The van der Waals surface area contributed by atoms with E-state index in [1.54, 1.807) is 17.4 Å². The number of aryl methyl sites for hydroxylation is 2. The third-order valence-corrected chi connectivity index (χ3v) is 6.37. The highest BCUT2D eigenvalue weighted by Gasteiger charge is 2.19. The van der Waals surface area contributed by atoms with E-state index in [-0.39, 0.29) is 11.7 Å². The van der Waals surface area contributed by atoms with E-state index in [0.29, 0.717) is 5.69 Å². The van der Waals surface area contributed by atoms with E-state index in [4.69, 9.17) is 4.74 Å². The standard InChI is InChI=1S/C23H24N4O2S/c1-14-9-17(15(2)27(14)13-20-5-4-8-29-20)10-18(12-24)23(28)26-19-6-7-21-22(11-19)30-16(3)25-21/h6-7,9-11,20H,4-5,8,13H2,1-3H3,(H,26,28)/b18-10+. The molecule has 1 amide bonds. The van der Waals surface area contributed by atoms with Gasteiger partial charge in [-0.3, -0.25) is 4.79 Å². The van der Waals surface area contributed by atoms with E-state index in [1.165, 1.54) is 0 Å². The predicted octanol–water partition coefficient (Wildman–Crippen LogP) is 4.75. The van der Waals surface area contributed by atoms with Gasteiger partial charge < -0.3 is 14.6 Å². The van der Waals surface area contributed by atoms with Crippen LogP contribution in [0.15, 0.2) is 29.8 Å². The van der Waals surface area contributed by atoms with Gasteiger partial charge in [-0.2, -0.15) is 5.26 Å². The van der Waals surface area contributed by atoms with Crippen molar-refractivity contribution >= 4 is 39.2 Å². The Labute approximate surface area is 179 Å².